The zero-order chi connectivity index (χ0) is 23.1. The lowest BCUT2D eigenvalue weighted by molar-refractivity contribution is -0.133. The molecule has 1 amide bonds. The number of hydrogen-bond acceptors (Lipinski definition) is 5. The van der Waals surface area contributed by atoms with Crippen molar-refractivity contribution in [2.75, 3.05) is 33.4 Å². The van der Waals surface area contributed by atoms with Gasteiger partial charge in [-0.1, -0.05) is 43.3 Å². The van der Waals surface area contributed by atoms with Crippen molar-refractivity contribution >= 4 is 5.91 Å². The number of hydrogen-bond donors (Lipinski definition) is 2. The van der Waals surface area contributed by atoms with Crippen LogP contribution in [-0.2, 0) is 11.2 Å². The molecule has 1 fully saturated rings. The summed E-state index contributed by atoms with van der Waals surface area (Å²) in [6.45, 7) is 4.65. The monoisotopic (exact) mass is 441 g/mol. The fraction of sp³-hybridized carbons (Fsp3) is 0.500. The summed E-state index contributed by atoms with van der Waals surface area (Å²) in [6.07, 6.45) is 2.36. The summed E-state index contributed by atoms with van der Waals surface area (Å²) in [5.41, 5.74) is 1.79. The minimum absolute atomic E-state index is 0.0793. The van der Waals surface area contributed by atoms with Crippen LogP contribution >= 0.6 is 0 Å². The summed E-state index contributed by atoms with van der Waals surface area (Å²) in [5.74, 6) is 0.938. The first-order chi connectivity index (χ1) is 15.4. The van der Waals surface area contributed by atoms with Gasteiger partial charge in [-0.25, -0.2) is 0 Å². The molecule has 32 heavy (non-hydrogen) atoms. The van der Waals surface area contributed by atoms with E-state index in [-0.39, 0.29) is 11.8 Å². The van der Waals surface area contributed by atoms with Gasteiger partial charge in [0.05, 0.1) is 19.8 Å². The van der Waals surface area contributed by atoms with Gasteiger partial charge in [0.25, 0.3) is 0 Å². The van der Waals surface area contributed by atoms with E-state index in [0.717, 1.165) is 24.8 Å². The van der Waals surface area contributed by atoms with E-state index < -0.39 is 18.1 Å². The Morgan fingerprint density at radius 3 is 2.59 bits per heavy atom. The first-order valence-corrected chi connectivity index (χ1v) is 11.3. The van der Waals surface area contributed by atoms with Crippen molar-refractivity contribution in [1.29, 1.82) is 0 Å². The quantitative estimate of drug-likeness (QED) is 0.553. The molecule has 2 N–H and O–H groups in total. The Kier molecular flexibility index (Phi) is 8.15. The van der Waals surface area contributed by atoms with Gasteiger partial charge in [-0.2, -0.15) is 0 Å². The zero-order valence-electron chi connectivity index (χ0n) is 19.3. The summed E-state index contributed by atoms with van der Waals surface area (Å²) < 4.78 is 11.6. The van der Waals surface area contributed by atoms with Crippen LogP contribution in [0.5, 0.6) is 11.5 Å². The Morgan fingerprint density at radius 2 is 1.94 bits per heavy atom. The standard InChI is InChI=1S/C26H35NO5/c1-19(29)26(2)18-27(25(30)17-28)16-22(26)21-12-13-23(31-3)24(15-21)32-14-8-7-11-20-9-5-4-6-10-20/h4-6,9-10,12-13,15,19,22,28-29H,7-8,11,14,16-18H2,1-3H3/t19-,22-,26-/m0/s1. The van der Waals surface area contributed by atoms with E-state index in [0.29, 0.717) is 31.2 Å². The molecule has 6 heteroatoms. The molecule has 6 nitrogen and oxygen atoms in total. The van der Waals surface area contributed by atoms with Crippen molar-refractivity contribution in [2.45, 2.75) is 45.1 Å². The Balaban J connectivity index is 1.69. The molecule has 174 valence electrons. The topological polar surface area (TPSA) is 79.2 Å². The van der Waals surface area contributed by atoms with E-state index >= 15 is 0 Å². The number of carbonyl (C=O) groups is 1. The molecule has 0 aromatic heterocycles. The average Bonchev–Trinajstić information content (AvgIpc) is 3.18. The van der Waals surface area contributed by atoms with Crippen LogP contribution in [0.25, 0.3) is 0 Å². The Bertz CT molecular complexity index is 885. The van der Waals surface area contributed by atoms with Gasteiger partial charge in [0.1, 0.15) is 6.61 Å². The molecule has 1 aliphatic rings. The molecule has 0 spiro atoms. The predicted molar refractivity (Wildman–Crippen MR) is 124 cm³/mol. The van der Waals surface area contributed by atoms with Crippen LogP contribution < -0.4 is 9.47 Å². The summed E-state index contributed by atoms with van der Waals surface area (Å²) >= 11 is 0. The van der Waals surface area contributed by atoms with Gasteiger partial charge in [0.15, 0.2) is 11.5 Å². The van der Waals surface area contributed by atoms with Gasteiger partial charge in [-0.05, 0) is 49.4 Å². The van der Waals surface area contributed by atoms with E-state index in [4.69, 9.17) is 9.47 Å². The van der Waals surface area contributed by atoms with Crippen LogP contribution in [0.3, 0.4) is 0 Å². The van der Waals surface area contributed by atoms with Gasteiger partial charge < -0.3 is 24.6 Å². The number of amides is 1. The molecule has 1 saturated heterocycles. The van der Waals surface area contributed by atoms with E-state index in [1.165, 1.54) is 5.56 Å². The molecule has 0 aliphatic carbocycles. The van der Waals surface area contributed by atoms with E-state index in [9.17, 15) is 15.0 Å². The van der Waals surface area contributed by atoms with E-state index in [2.05, 4.69) is 24.3 Å². The van der Waals surface area contributed by atoms with Gasteiger partial charge in [-0.15, -0.1) is 0 Å². The molecule has 0 unspecified atom stereocenters. The maximum Gasteiger partial charge on any atom is 0.248 e. The minimum Gasteiger partial charge on any atom is -0.493 e. The SMILES string of the molecule is COc1ccc([C@@H]2CN(C(=O)CO)C[C@@]2(C)[C@H](C)O)cc1OCCCCc1ccccc1. The largest absolute Gasteiger partial charge is 0.493 e. The Morgan fingerprint density at radius 1 is 1.19 bits per heavy atom. The third kappa shape index (κ3) is 5.43. The van der Waals surface area contributed by atoms with Gasteiger partial charge >= 0.3 is 0 Å². The molecular formula is C26H35NO5. The number of likely N-dealkylation sites (tertiary alicyclic amines) is 1. The first kappa shape index (κ1) is 24.1. The van der Waals surface area contributed by atoms with Crippen LogP contribution in [0.1, 0.15) is 43.7 Å². The third-order valence-corrected chi connectivity index (χ3v) is 6.72. The van der Waals surface area contributed by atoms with Gasteiger partial charge in [0, 0.05) is 24.4 Å². The van der Waals surface area contributed by atoms with Crippen LogP contribution in [-0.4, -0.2) is 60.5 Å². The average molecular weight is 442 g/mol. The molecule has 2 aromatic carbocycles. The number of methoxy groups -OCH3 is 1. The molecule has 3 rings (SSSR count). The summed E-state index contributed by atoms with van der Waals surface area (Å²) in [5, 5.41) is 19.8. The molecule has 1 heterocycles. The summed E-state index contributed by atoms with van der Waals surface area (Å²) in [7, 11) is 1.62. The Labute approximate surface area is 190 Å². The lowest BCUT2D eigenvalue weighted by atomic mass is 9.72. The zero-order valence-corrected chi connectivity index (χ0v) is 19.3. The predicted octanol–water partition coefficient (Wildman–Crippen LogP) is 3.40. The first-order valence-electron chi connectivity index (χ1n) is 11.3. The highest BCUT2D eigenvalue weighted by Gasteiger charge is 2.48. The second-order valence-electron chi connectivity index (χ2n) is 8.87. The van der Waals surface area contributed by atoms with Crippen LogP contribution in [0, 0.1) is 5.41 Å². The summed E-state index contributed by atoms with van der Waals surface area (Å²) in [6, 6.07) is 16.2. The smallest absolute Gasteiger partial charge is 0.248 e. The van der Waals surface area contributed by atoms with Crippen molar-refractivity contribution in [1.82, 2.24) is 4.90 Å². The maximum atomic E-state index is 12.1. The number of rotatable bonds is 10. The molecule has 3 atom stereocenters. The molecular weight excluding hydrogens is 406 g/mol. The van der Waals surface area contributed by atoms with Gasteiger partial charge in [-0.3, -0.25) is 4.79 Å². The van der Waals surface area contributed by atoms with E-state index in [1.54, 1.807) is 18.9 Å². The second kappa shape index (κ2) is 10.8. The number of aliphatic hydroxyl groups excluding tert-OH is 2. The molecule has 1 aliphatic heterocycles. The highest BCUT2D eigenvalue weighted by atomic mass is 16.5. The van der Waals surface area contributed by atoms with Crippen LogP contribution in [0.4, 0.5) is 0 Å². The summed E-state index contributed by atoms with van der Waals surface area (Å²) in [4.78, 5) is 13.8. The van der Waals surface area contributed by atoms with E-state index in [1.807, 2.05) is 31.2 Å². The van der Waals surface area contributed by atoms with Crippen molar-refractivity contribution in [2.24, 2.45) is 5.41 Å². The van der Waals surface area contributed by atoms with Crippen molar-refractivity contribution < 1.29 is 24.5 Å². The lowest BCUT2D eigenvalue weighted by Crippen LogP contribution is -2.38. The highest BCUT2D eigenvalue weighted by molar-refractivity contribution is 5.77. The molecule has 0 bridgehead atoms. The van der Waals surface area contributed by atoms with Crippen molar-refractivity contribution in [3.05, 3.63) is 59.7 Å². The number of unbranched alkanes of at least 4 members (excludes halogenated alkanes) is 1. The number of aryl methyl sites for hydroxylation is 1. The van der Waals surface area contributed by atoms with Crippen molar-refractivity contribution in [3.8, 4) is 11.5 Å². The molecule has 2 aromatic rings. The number of ether oxygens (including phenoxy) is 2. The maximum absolute atomic E-state index is 12.1. The van der Waals surface area contributed by atoms with Crippen LogP contribution in [0.15, 0.2) is 48.5 Å². The fourth-order valence-corrected chi connectivity index (χ4v) is 4.50. The number of aliphatic hydroxyl groups is 2. The highest BCUT2D eigenvalue weighted by Crippen LogP contribution is 2.46. The van der Waals surface area contributed by atoms with Crippen LogP contribution in [0.2, 0.25) is 0 Å². The Hall–Kier alpha value is -2.57. The normalized spacial score (nSPS) is 21.4. The number of benzene rings is 2. The third-order valence-electron chi connectivity index (χ3n) is 6.72. The minimum atomic E-state index is -0.617. The lowest BCUT2D eigenvalue weighted by Gasteiger charge is -2.33. The number of carbonyl (C=O) groups excluding carboxylic acids is 1. The second-order valence-corrected chi connectivity index (χ2v) is 8.87. The fourth-order valence-electron chi connectivity index (χ4n) is 4.50. The van der Waals surface area contributed by atoms with Gasteiger partial charge in [0.2, 0.25) is 5.91 Å². The van der Waals surface area contributed by atoms with Crippen molar-refractivity contribution in [3.63, 3.8) is 0 Å². The molecule has 0 saturated carbocycles. The molecule has 0 radical (unpaired) electrons. The number of nitrogens with zero attached hydrogens (tertiary/aromatic N) is 1.